The molecular formula is C23H22N2O5. The van der Waals surface area contributed by atoms with Crippen molar-refractivity contribution in [1.29, 1.82) is 0 Å². The predicted molar refractivity (Wildman–Crippen MR) is 109 cm³/mol. The number of para-hydroxylation sites is 1. The number of benzene rings is 2. The van der Waals surface area contributed by atoms with Crippen molar-refractivity contribution >= 4 is 29.4 Å². The largest absolute Gasteiger partial charge is 0.449 e. The highest BCUT2D eigenvalue weighted by Gasteiger charge is 2.38. The van der Waals surface area contributed by atoms with E-state index in [-0.39, 0.29) is 22.6 Å². The average Bonchev–Trinajstić information content (AvgIpc) is 3.36. The number of imide groups is 1. The molecule has 2 aromatic rings. The van der Waals surface area contributed by atoms with Gasteiger partial charge in [-0.2, -0.15) is 0 Å². The first kappa shape index (κ1) is 19.8. The zero-order valence-corrected chi connectivity index (χ0v) is 16.9. The van der Waals surface area contributed by atoms with E-state index < -0.39 is 23.9 Å². The summed E-state index contributed by atoms with van der Waals surface area (Å²) >= 11 is 0. The molecule has 3 amide bonds. The van der Waals surface area contributed by atoms with E-state index in [1.54, 1.807) is 24.0 Å². The lowest BCUT2D eigenvalue weighted by Crippen LogP contribution is -2.38. The van der Waals surface area contributed by atoms with E-state index in [1.165, 1.54) is 18.2 Å². The molecule has 154 valence electrons. The topological polar surface area (TPSA) is 84.0 Å². The number of likely N-dealkylation sites (tertiary alicyclic amines) is 1. The van der Waals surface area contributed by atoms with Crippen molar-refractivity contribution in [3.05, 3.63) is 64.7 Å². The average molecular weight is 406 g/mol. The van der Waals surface area contributed by atoms with Crippen molar-refractivity contribution < 1.29 is 23.9 Å². The molecule has 1 saturated heterocycles. The van der Waals surface area contributed by atoms with Gasteiger partial charge in [0.05, 0.1) is 22.4 Å². The highest BCUT2D eigenvalue weighted by Crippen LogP contribution is 2.31. The molecule has 0 aromatic heterocycles. The molecule has 0 aliphatic carbocycles. The van der Waals surface area contributed by atoms with Gasteiger partial charge in [0.15, 0.2) is 6.10 Å². The van der Waals surface area contributed by atoms with Crippen LogP contribution in [0.4, 0.5) is 5.69 Å². The lowest BCUT2D eigenvalue weighted by atomic mass is 10.1. The monoisotopic (exact) mass is 406 g/mol. The van der Waals surface area contributed by atoms with Crippen LogP contribution >= 0.6 is 0 Å². The lowest BCUT2D eigenvalue weighted by Gasteiger charge is -2.20. The van der Waals surface area contributed by atoms with E-state index in [1.807, 2.05) is 19.1 Å². The van der Waals surface area contributed by atoms with E-state index in [0.29, 0.717) is 18.8 Å². The quantitative estimate of drug-likeness (QED) is 0.576. The fourth-order valence-electron chi connectivity index (χ4n) is 3.87. The van der Waals surface area contributed by atoms with E-state index >= 15 is 0 Å². The van der Waals surface area contributed by atoms with E-state index in [2.05, 4.69) is 0 Å². The van der Waals surface area contributed by atoms with Crippen LogP contribution in [-0.2, 0) is 9.53 Å². The van der Waals surface area contributed by atoms with Crippen LogP contribution in [-0.4, -0.2) is 47.8 Å². The minimum Gasteiger partial charge on any atom is -0.449 e. The summed E-state index contributed by atoms with van der Waals surface area (Å²) in [5, 5.41) is 0. The Labute approximate surface area is 174 Å². The summed E-state index contributed by atoms with van der Waals surface area (Å²) in [6.45, 7) is 4.71. The molecule has 30 heavy (non-hydrogen) atoms. The second-order valence-corrected chi connectivity index (χ2v) is 7.57. The fraction of sp³-hybridized carbons (Fsp3) is 0.304. The van der Waals surface area contributed by atoms with Crippen LogP contribution in [0, 0.1) is 6.92 Å². The zero-order chi connectivity index (χ0) is 21.4. The molecule has 4 rings (SSSR count). The number of hydrogen-bond acceptors (Lipinski definition) is 5. The van der Waals surface area contributed by atoms with Crippen LogP contribution in [0.5, 0.6) is 0 Å². The van der Waals surface area contributed by atoms with Gasteiger partial charge < -0.3 is 9.64 Å². The molecule has 7 nitrogen and oxygen atoms in total. The summed E-state index contributed by atoms with van der Waals surface area (Å²) in [7, 11) is 0. The molecule has 0 saturated carbocycles. The summed E-state index contributed by atoms with van der Waals surface area (Å²) in [5.41, 5.74) is 1.82. The van der Waals surface area contributed by atoms with Crippen LogP contribution in [0.3, 0.4) is 0 Å². The maximum atomic E-state index is 12.9. The van der Waals surface area contributed by atoms with Gasteiger partial charge in [-0.25, -0.2) is 9.69 Å². The molecule has 2 aliphatic rings. The normalized spacial score (nSPS) is 16.6. The number of hydrogen-bond donors (Lipinski definition) is 0. The highest BCUT2D eigenvalue weighted by atomic mass is 16.5. The number of aryl methyl sites for hydroxylation is 1. The third-order valence-electron chi connectivity index (χ3n) is 5.53. The summed E-state index contributed by atoms with van der Waals surface area (Å²) in [6, 6.07) is 11.4. The van der Waals surface area contributed by atoms with Gasteiger partial charge in [-0.3, -0.25) is 14.4 Å². The minimum absolute atomic E-state index is 0.127. The zero-order valence-electron chi connectivity index (χ0n) is 16.9. The number of nitrogens with zero attached hydrogens (tertiary/aromatic N) is 2. The van der Waals surface area contributed by atoms with Gasteiger partial charge in [-0.15, -0.1) is 0 Å². The first-order valence-electron chi connectivity index (χ1n) is 9.96. The number of esters is 1. The Balaban J connectivity index is 1.55. The minimum atomic E-state index is -0.912. The van der Waals surface area contributed by atoms with Gasteiger partial charge in [0.2, 0.25) is 0 Å². The molecule has 0 radical (unpaired) electrons. The second kappa shape index (κ2) is 7.74. The molecule has 1 atom stereocenters. The first-order valence-corrected chi connectivity index (χ1v) is 9.96. The van der Waals surface area contributed by atoms with Crippen molar-refractivity contribution in [2.75, 3.05) is 18.0 Å². The molecule has 7 heteroatoms. The molecule has 0 N–H and O–H groups in total. The number of anilines is 1. The van der Waals surface area contributed by atoms with E-state index in [0.717, 1.165) is 23.3 Å². The number of ether oxygens (including phenoxy) is 1. The maximum Gasteiger partial charge on any atom is 0.338 e. The standard InChI is InChI=1S/C23H22N2O5/c1-14-7-3-4-8-19(14)25-21(27)17-10-9-16(13-18(17)22(25)28)23(29)30-15(2)20(26)24-11-5-6-12-24/h3-4,7-10,13,15H,5-6,11-12H2,1-2H3/t15-/m0/s1. The van der Waals surface area contributed by atoms with Gasteiger partial charge in [0, 0.05) is 13.1 Å². The molecule has 0 unspecified atom stereocenters. The van der Waals surface area contributed by atoms with Crippen LogP contribution in [0.15, 0.2) is 42.5 Å². The number of amides is 3. The fourth-order valence-corrected chi connectivity index (χ4v) is 3.87. The van der Waals surface area contributed by atoms with Gasteiger partial charge in [-0.1, -0.05) is 18.2 Å². The Bertz CT molecular complexity index is 1060. The van der Waals surface area contributed by atoms with Crippen LogP contribution in [0.2, 0.25) is 0 Å². The third kappa shape index (κ3) is 3.36. The Hall–Kier alpha value is -3.48. The predicted octanol–water partition coefficient (Wildman–Crippen LogP) is 2.96. The summed E-state index contributed by atoms with van der Waals surface area (Å²) < 4.78 is 5.32. The summed E-state index contributed by atoms with van der Waals surface area (Å²) in [5.74, 6) is -1.84. The molecule has 0 spiro atoms. The summed E-state index contributed by atoms with van der Waals surface area (Å²) in [6.07, 6.45) is 0.986. The van der Waals surface area contributed by atoms with Gasteiger partial charge in [0.1, 0.15) is 0 Å². The highest BCUT2D eigenvalue weighted by molar-refractivity contribution is 6.34. The molecular weight excluding hydrogens is 384 g/mol. The van der Waals surface area contributed by atoms with Crippen LogP contribution in [0.1, 0.15) is 56.4 Å². The molecule has 0 bridgehead atoms. The smallest absolute Gasteiger partial charge is 0.338 e. The third-order valence-corrected chi connectivity index (χ3v) is 5.53. The number of carbonyl (C=O) groups excluding carboxylic acids is 4. The Morgan fingerprint density at radius 3 is 2.33 bits per heavy atom. The van der Waals surface area contributed by atoms with Crippen molar-refractivity contribution in [3.63, 3.8) is 0 Å². The Morgan fingerprint density at radius 1 is 0.967 bits per heavy atom. The maximum absolute atomic E-state index is 12.9. The molecule has 1 fully saturated rings. The summed E-state index contributed by atoms with van der Waals surface area (Å²) in [4.78, 5) is 53.5. The van der Waals surface area contributed by atoms with Crippen molar-refractivity contribution in [1.82, 2.24) is 4.90 Å². The van der Waals surface area contributed by atoms with Crippen LogP contribution < -0.4 is 4.90 Å². The molecule has 2 aromatic carbocycles. The van der Waals surface area contributed by atoms with Crippen molar-refractivity contribution in [3.8, 4) is 0 Å². The molecule has 2 aliphatic heterocycles. The van der Waals surface area contributed by atoms with Crippen molar-refractivity contribution in [2.45, 2.75) is 32.8 Å². The van der Waals surface area contributed by atoms with E-state index in [9.17, 15) is 19.2 Å². The van der Waals surface area contributed by atoms with Gasteiger partial charge >= 0.3 is 5.97 Å². The SMILES string of the molecule is Cc1ccccc1N1C(=O)c2ccc(C(=O)O[C@@H](C)C(=O)N3CCCC3)cc2C1=O. The Morgan fingerprint density at radius 2 is 1.63 bits per heavy atom. The van der Waals surface area contributed by atoms with Crippen LogP contribution in [0.25, 0.3) is 0 Å². The number of rotatable bonds is 4. The second-order valence-electron chi connectivity index (χ2n) is 7.57. The number of fused-ring (bicyclic) bond motifs is 1. The van der Waals surface area contributed by atoms with Gasteiger partial charge in [0.25, 0.3) is 17.7 Å². The lowest BCUT2D eigenvalue weighted by molar-refractivity contribution is -0.138. The van der Waals surface area contributed by atoms with Crippen molar-refractivity contribution in [2.24, 2.45) is 0 Å². The van der Waals surface area contributed by atoms with Gasteiger partial charge in [-0.05, 0) is 56.5 Å². The molecule has 2 heterocycles. The number of carbonyl (C=O) groups is 4. The Kier molecular flexibility index (Phi) is 5.11. The van der Waals surface area contributed by atoms with E-state index in [4.69, 9.17) is 4.74 Å². The first-order chi connectivity index (χ1) is 14.4.